The van der Waals surface area contributed by atoms with E-state index >= 15 is 0 Å². The molecule has 24 heavy (non-hydrogen) atoms. The lowest BCUT2D eigenvalue weighted by atomic mass is 10.1. The van der Waals surface area contributed by atoms with Gasteiger partial charge in [-0.15, -0.1) is 11.3 Å². The lowest BCUT2D eigenvalue weighted by molar-refractivity contribution is -0.384. The zero-order chi connectivity index (χ0) is 17.3. The maximum Gasteiger partial charge on any atom is 0.270 e. The van der Waals surface area contributed by atoms with Gasteiger partial charge >= 0.3 is 0 Å². The number of aromatic nitrogens is 1. The largest absolute Gasteiger partial charge is 0.330 e. The quantitative estimate of drug-likeness (QED) is 0.311. The van der Waals surface area contributed by atoms with Crippen LogP contribution in [0.3, 0.4) is 0 Å². The summed E-state index contributed by atoms with van der Waals surface area (Å²) in [5, 5.41) is 17.5. The van der Waals surface area contributed by atoms with E-state index in [2.05, 4.69) is 10.3 Å². The zero-order valence-corrected chi connectivity index (χ0v) is 14.9. The van der Waals surface area contributed by atoms with Crippen molar-refractivity contribution in [2.75, 3.05) is 5.32 Å². The molecule has 2 aromatic carbocycles. The first kappa shape index (κ1) is 17.0. The highest BCUT2D eigenvalue weighted by Crippen LogP contribution is 2.35. The summed E-state index contributed by atoms with van der Waals surface area (Å²) in [6.45, 7) is 0. The Balaban J connectivity index is 1.88. The van der Waals surface area contributed by atoms with E-state index in [1.165, 1.54) is 23.5 Å². The average Bonchev–Trinajstić information content (AvgIpc) is 3.01. The van der Waals surface area contributed by atoms with E-state index in [1.807, 2.05) is 0 Å². The number of rotatable bonds is 4. The molecule has 5 nitrogen and oxygen atoms in total. The van der Waals surface area contributed by atoms with Gasteiger partial charge in [0.25, 0.3) is 5.69 Å². The van der Waals surface area contributed by atoms with Crippen LogP contribution >= 0.6 is 46.1 Å². The minimum absolute atomic E-state index is 0.0162. The van der Waals surface area contributed by atoms with Crippen LogP contribution in [0.25, 0.3) is 11.3 Å². The molecule has 0 atom stereocenters. The van der Waals surface area contributed by atoms with Gasteiger partial charge in [0.2, 0.25) is 0 Å². The van der Waals surface area contributed by atoms with Crippen LogP contribution in [0.4, 0.5) is 16.5 Å². The van der Waals surface area contributed by atoms with Gasteiger partial charge in [-0.25, -0.2) is 4.98 Å². The van der Waals surface area contributed by atoms with Gasteiger partial charge in [-0.05, 0) is 12.1 Å². The molecule has 9 heteroatoms. The Morgan fingerprint density at radius 1 is 1.08 bits per heavy atom. The topological polar surface area (TPSA) is 68.1 Å². The first-order valence-corrected chi connectivity index (χ1v) is 8.57. The number of non-ortho nitro benzene ring substituents is 1. The maximum absolute atomic E-state index is 10.9. The fraction of sp³-hybridized carbons (Fsp3) is 0. The molecule has 0 saturated carbocycles. The monoisotopic (exact) mass is 399 g/mol. The molecule has 1 N–H and O–H groups in total. The van der Waals surface area contributed by atoms with Gasteiger partial charge in [0.15, 0.2) is 5.13 Å². The van der Waals surface area contributed by atoms with Crippen LogP contribution in [0.2, 0.25) is 15.1 Å². The van der Waals surface area contributed by atoms with Gasteiger partial charge in [0.1, 0.15) is 0 Å². The Bertz CT molecular complexity index is 930. The number of thiazole rings is 1. The second-order valence-electron chi connectivity index (χ2n) is 4.72. The molecule has 0 aliphatic carbocycles. The first-order chi connectivity index (χ1) is 11.4. The Morgan fingerprint density at radius 2 is 1.83 bits per heavy atom. The number of halogens is 3. The first-order valence-electron chi connectivity index (χ1n) is 6.56. The molecular weight excluding hydrogens is 393 g/mol. The van der Waals surface area contributed by atoms with E-state index in [1.54, 1.807) is 29.6 Å². The van der Waals surface area contributed by atoms with Crippen LogP contribution in [-0.2, 0) is 0 Å². The third-order valence-electron chi connectivity index (χ3n) is 3.11. The van der Waals surface area contributed by atoms with Crippen LogP contribution in [0.5, 0.6) is 0 Å². The summed E-state index contributed by atoms with van der Waals surface area (Å²) < 4.78 is 0. The number of nitrogens with zero attached hydrogens (tertiary/aromatic N) is 2. The molecule has 3 aromatic rings. The fourth-order valence-corrected chi connectivity index (χ4v) is 3.30. The molecule has 0 fully saturated rings. The van der Waals surface area contributed by atoms with Crippen molar-refractivity contribution in [3.63, 3.8) is 0 Å². The SMILES string of the molecule is O=[N+]([O-])c1cccc(-c2csc(Nc3cc(Cl)c(Cl)cc3Cl)n2)c1. The number of nitrogens with one attached hydrogen (secondary N) is 1. The Labute approximate surface area is 156 Å². The van der Waals surface area contributed by atoms with E-state index in [4.69, 9.17) is 34.8 Å². The summed E-state index contributed by atoms with van der Waals surface area (Å²) in [6.07, 6.45) is 0. The number of anilines is 2. The predicted octanol–water partition coefficient (Wildman–Crippen LogP) is 6.42. The lowest BCUT2D eigenvalue weighted by Crippen LogP contribution is -1.91. The van der Waals surface area contributed by atoms with Crippen molar-refractivity contribution in [1.29, 1.82) is 0 Å². The second-order valence-corrected chi connectivity index (χ2v) is 6.80. The Kier molecular flexibility index (Phi) is 4.91. The molecule has 1 aromatic heterocycles. The highest BCUT2D eigenvalue weighted by atomic mass is 35.5. The minimum atomic E-state index is -0.440. The zero-order valence-electron chi connectivity index (χ0n) is 11.8. The highest BCUT2D eigenvalue weighted by molar-refractivity contribution is 7.14. The van der Waals surface area contributed by atoms with Crippen LogP contribution in [0, 0.1) is 10.1 Å². The molecule has 3 rings (SSSR count). The van der Waals surface area contributed by atoms with E-state index in [0.29, 0.717) is 37.1 Å². The standard InChI is InChI=1S/C15H8Cl3N3O2S/c16-10-5-12(18)13(6-11(10)17)19-15-20-14(7-24-15)8-2-1-3-9(4-8)21(22)23/h1-7H,(H,19,20). The predicted molar refractivity (Wildman–Crippen MR) is 99.0 cm³/mol. The molecule has 0 aliphatic heterocycles. The molecule has 0 bridgehead atoms. The van der Waals surface area contributed by atoms with Crippen LogP contribution in [0.15, 0.2) is 41.8 Å². The van der Waals surface area contributed by atoms with Gasteiger partial charge in [0.05, 0.1) is 31.4 Å². The summed E-state index contributed by atoms with van der Waals surface area (Å²) in [7, 11) is 0. The number of benzene rings is 2. The number of nitro groups is 1. The molecule has 0 aliphatic rings. The molecule has 0 unspecified atom stereocenters. The highest BCUT2D eigenvalue weighted by Gasteiger charge is 2.12. The van der Waals surface area contributed by atoms with Gasteiger partial charge in [0, 0.05) is 23.1 Å². The lowest BCUT2D eigenvalue weighted by Gasteiger charge is -2.07. The summed E-state index contributed by atoms with van der Waals surface area (Å²) in [5.74, 6) is 0. The normalized spacial score (nSPS) is 10.6. The summed E-state index contributed by atoms with van der Waals surface area (Å²) >= 11 is 19.4. The third-order valence-corrected chi connectivity index (χ3v) is 4.90. The molecular formula is C15H8Cl3N3O2S. The van der Waals surface area contributed by atoms with Crippen molar-refractivity contribution in [3.8, 4) is 11.3 Å². The smallest absolute Gasteiger partial charge is 0.270 e. The Hall–Kier alpha value is -1.86. The molecule has 0 saturated heterocycles. The summed E-state index contributed by atoms with van der Waals surface area (Å²) in [4.78, 5) is 14.8. The van der Waals surface area contributed by atoms with E-state index in [0.717, 1.165) is 0 Å². The van der Waals surface area contributed by atoms with E-state index < -0.39 is 4.92 Å². The number of hydrogen-bond acceptors (Lipinski definition) is 5. The van der Waals surface area contributed by atoms with Crippen molar-refractivity contribution in [2.24, 2.45) is 0 Å². The van der Waals surface area contributed by atoms with Crippen LogP contribution in [0.1, 0.15) is 0 Å². The fourth-order valence-electron chi connectivity index (χ4n) is 1.98. The van der Waals surface area contributed by atoms with Crippen molar-refractivity contribution < 1.29 is 4.92 Å². The molecule has 0 radical (unpaired) electrons. The summed E-state index contributed by atoms with van der Waals surface area (Å²) in [5.41, 5.74) is 1.88. The molecule has 0 amide bonds. The number of hydrogen-bond donors (Lipinski definition) is 1. The van der Waals surface area contributed by atoms with E-state index in [9.17, 15) is 10.1 Å². The van der Waals surface area contributed by atoms with Gasteiger partial charge < -0.3 is 5.32 Å². The van der Waals surface area contributed by atoms with Crippen LogP contribution < -0.4 is 5.32 Å². The van der Waals surface area contributed by atoms with Gasteiger partial charge in [-0.2, -0.15) is 0 Å². The average molecular weight is 401 g/mol. The number of nitro benzene ring substituents is 1. The Morgan fingerprint density at radius 3 is 2.58 bits per heavy atom. The van der Waals surface area contributed by atoms with E-state index in [-0.39, 0.29) is 5.69 Å². The van der Waals surface area contributed by atoms with Crippen molar-refractivity contribution in [2.45, 2.75) is 0 Å². The van der Waals surface area contributed by atoms with Crippen molar-refractivity contribution in [1.82, 2.24) is 4.98 Å². The molecule has 122 valence electrons. The van der Waals surface area contributed by atoms with Crippen molar-refractivity contribution in [3.05, 3.63) is 67.0 Å². The maximum atomic E-state index is 10.9. The summed E-state index contributed by atoms with van der Waals surface area (Å²) in [6, 6.07) is 9.45. The third kappa shape index (κ3) is 3.62. The molecule has 1 heterocycles. The van der Waals surface area contributed by atoms with Gasteiger partial charge in [-0.3, -0.25) is 10.1 Å². The van der Waals surface area contributed by atoms with Crippen molar-refractivity contribution >= 4 is 62.6 Å². The van der Waals surface area contributed by atoms with Crippen LogP contribution in [-0.4, -0.2) is 9.91 Å². The van der Waals surface area contributed by atoms with Gasteiger partial charge in [-0.1, -0.05) is 46.9 Å². The molecule has 0 spiro atoms. The minimum Gasteiger partial charge on any atom is -0.330 e. The second kappa shape index (κ2) is 6.94.